The van der Waals surface area contributed by atoms with E-state index in [2.05, 4.69) is 28.5 Å². The molecule has 1 unspecified atom stereocenters. The molecule has 0 aliphatic heterocycles. The zero-order chi connectivity index (χ0) is 18.6. The molecule has 4 heteroatoms. The average Bonchev–Trinajstić information content (AvgIpc) is 3.12. The third-order valence-electron chi connectivity index (χ3n) is 5.33. The van der Waals surface area contributed by atoms with Crippen LogP contribution in [0.25, 0.3) is 0 Å². The van der Waals surface area contributed by atoms with E-state index in [-0.39, 0.29) is 11.9 Å². The van der Waals surface area contributed by atoms with Crippen LogP contribution in [-0.2, 0) is 31.1 Å². The number of nitrogens with one attached hydrogen (secondary N) is 1. The molecule has 0 saturated heterocycles. The van der Waals surface area contributed by atoms with Crippen LogP contribution in [0.3, 0.4) is 0 Å². The minimum absolute atomic E-state index is 0.0163. The number of aryl methyl sites for hydroxylation is 3. The summed E-state index contributed by atoms with van der Waals surface area (Å²) in [5, 5.41) is 3.18. The molecule has 1 aromatic heterocycles. The number of hydrogen-bond donors (Lipinski definition) is 1. The number of benzene rings is 2. The van der Waals surface area contributed by atoms with Gasteiger partial charge in [0.2, 0.25) is 5.91 Å². The summed E-state index contributed by atoms with van der Waals surface area (Å²) in [5.74, 6) is 0.850. The van der Waals surface area contributed by atoms with Crippen molar-refractivity contribution in [1.29, 1.82) is 0 Å². The number of hydrogen-bond acceptors (Lipinski definition) is 2. The molecule has 3 aromatic rings. The Morgan fingerprint density at radius 1 is 1.11 bits per heavy atom. The van der Waals surface area contributed by atoms with E-state index in [0.717, 1.165) is 29.8 Å². The fourth-order valence-electron chi connectivity index (χ4n) is 3.89. The Hall–Kier alpha value is -2.88. The maximum absolute atomic E-state index is 12.8. The lowest BCUT2D eigenvalue weighted by atomic mass is 9.90. The van der Waals surface area contributed by atoms with Crippen molar-refractivity contribution in [2.45, 2.75) is 38.1 Å². The second kappa shape index (κ2) is 7.78. The number of aromatic nitrogens is 2. The van der Waals surface area contributed by atoms with Gasteiger partial charge in [-0.3, -0.25) is 4.79 Å². The SMILES string of the molecule is Cn1ccnc1C(NC(=O)Cc1ccc2c(c1)CCCC2)c1ccccc1. The minimum Gasteiger partial charge on any atom is -0.342 e. The van der Waals surface area contributed by atoms with E-state index in [1.165, 1.54) is 24.0 Å². The molecule has 4 nitrogen and oxygen atoms in total. The third kappa shape index (κ3) is 3.95. The zero-order valence-corrected chi connectivity index (χ0v) is 15.7. The summed E-state index contributed by atoms with van der Waals surface area (Å²) in [4.78, 5) is 17.3. The monoisotopic (exact) mass is 359 g/mol. The van der Waals surface area contributed by atoms with Crippen LogP contribution in [-0.4, -0.2) is 15.5 Å². The first-order valence-electron chi connectivity index (χ1n) is 9.63. The lowest BCUT2D eigenvalue weighted by Gasteiger charge is -2.20. The lowest BCUT2D eigenvalue weighted by Crippen LogP contribution is -2.32. The second-order valence-corrected chi connectivity index (χ2v) is 7.29. The predicted molar refractivity (Wildman–Crippen MR) is 106 cm³/mol. The van der Waals surface area contributed by atoms with Crippen molar-refractivity contribution in [1.82, 2.24) is 14.9 Å². The third-order valence-corrected chi connectivity index (χ3v) is 5.33. The van der Waals surface area contributed by atoms with Crippen molar-refractivity contribution >= 4 is 5.91 Å². The summed E-state index contributed by atoms with van der Waals surface area (Å²) in [6.07, 6.45) is 8.87. The summed E-state index contributed by atoms with van der Waals surface area (Å²) < 4.78 is 1.96. The van der Waals surface area contributed by atoms with Gasteiger partial charge in [0.15, 0.2) is 0 Å². The normalized spacial score (nSPS) is 14.4. The van der Waals surface area contributed by atoms with Gasteiger partial charge < -0.3 is 9.88 Å². The van der Waals surface area contributed by atoms with Gasteiger partial charge in [-0.1, -0.05) is 48.5 Å². The fraction of sp³-hybridized carbons (Fsp3) is 0.304. The van der Waals surface area contributed by atoms with Gasteiger partial charge in [-0.2, -0.15) is 0 Å². The molecule has 0 spiro atoms. The Morgan fingerprint density at radius 3 is 2.63 bits per heavy atom. The molecule has 0 saturated carbocycles. The molecule has 1 amide bonds. The lowest BCUT2D eigenvalue weighted by molar-refractivity contribution is -0.121. The number of imidazole rings is 1. The molecule has 1 aliphatic carbocycles. The average molecular weight is 359 g/mol. The Kier molecular flexibility index (Phi) is 5.05. The van der Waals surface area contributed by atoms with Gasteiger partial charge >= 0.3 is 0 Å². The van der Waals surface area contributed by atoms with Crippen molar-refractivity contribution in [2.24, 2.45) is 7.05 Å². The first-order valence-corrected chi connectivity index (χ1v) is 9.63. The van der Waals surface area contributed by atoms with Crippen LogP contribution in [0.2, 0.25) is 0 Å². The number of fused-ring (bicyclic) bond motifs is 1. The second-order valence-electron chi connectivity index (χ2n) is 7.29. The topological polar surface area (TPSA) is 46.9 Å². The van der Waals surface area contributed by atoms with Gasteiger partial charge in [-0.25, -0.2) is 4.98 Å². The molecule has 0 fully saturated rings. The predicted octanol–water partition coefficient (Wildman–Crippen LogP) is 3.75. The van der Waals surface area contributed by atoms with Gasteiger partial charge in [0.05, 0.1) is 6.42 Å². The number of rotatable bonds is 5. The van der Waals surface area contributed by atoms with E-state index in [4.69, 9.17) is 0 Å². The first-order chi connectivity index (χ1) is 13.2. The first kappa shape index (κ1) is 17.5. The van der Waals surface area contributed by atoms with E-state index in [1.807, 2.05) is 48.1 Å². The summed E-state index contributed by atoms with van der Waals surface area (Å²) in [5.41, 5.74) is 4.97. The molecule has 1 aliphatic rings. The quantitative estimate of drug-likeness (QED) is 0.754. The summed E-state index contributed by atoms with van der Waals surface area (Å²) in [6.45, 7) is 0. The van der Waals surface area contributed by atoms with Crippen molar-refractivity contribution in [3.8, 4) is 0 Å². The van der Waals surface area contributed by atoms with Crippen LogP contribution >= 0.6 is 0 Å². The van der Waals surface area contributed by atoms with Crippen molar-refractivity contribution in [3.63, 3.8) is 0 Å². The van der Waals surface area contributed by atoms with Gasteiger partial charge in [0.25, 0.3) is 0 Å². The molecule has 1 atom stereocenters. The largest absolute Gasteiger partial charge is 0.342 e. The van der Waals surface area contributed by atoms with E-state index in [9.17, 15) is 4.79 Å². The highest BCUT2D eigenvalue weighted by atomic mass is 16.1. The summed E-state index contributed by atoms with van der Waals surface area (Å²) in [7, 11) is 1.95. The highest BCUT2D eigenvalue weighted by molar-refractivity contribution is 5.79. The molecular weight excluding hydrogens is 334 g/mol. The van der Waals surface area contributed by atoms with Crippen LogP contribution in [0, 0.1) is 0 Å². The Balaban J connectivity index is 1.53. The molecular formula is C23H25N3O. The molecule has 4 rings (SSSR count). The number of nitrogens with zero attached hydrogens (tertiary/aromatic N) is 2. The standard InChI is InChI=1S/C23H25N3O/c1-26-14-13-24-23(26)22(19-8-3-2-4-9-19)25-21(27)16-17-11-12-18-7-5-6-10-20(18)15-17/h2-4,8-9,11-15,22H,5-7,10,16H2,1H3,(H,25,27). The smallest absolute Gasteiger partial charge is 0.225 e. The Bertz CT molecular complexity index is 930. The molecule has 1 heterocycles. The molecule has 1 N–H and O–H groups in total. The maximum Gasteiger partial charge on any atom is 0.225 e. The van der Waals surface area contributed by atoms with Crippen LogP contribution < -0.4 is 5.32 Å². The highest BCUT2D eigenvalue weighted by Gasteiger charge is 2.21. The molecule has 27 heavy (non-hydrogen) atoms. The van der Waals surface area contributed by atoms with Gasteiger partial charge in [0, 0.05) is 19.4 Å². The number of carbonyl (C=O) groups excluding carboxylic acids is 1. The van der Waals surface area contributed by atoms with Crippen molar-refractivity contribution in [2.75, 3.05) is 0 Å². The summed E-state index contributed by atoms with van der Waals surface area (Å²) >= 11 is 0. The van der Waals surface area contributed by atoms with E-state index < -0.39 is 0 Å². The van der Waals surface area contributed by atoms with E-state index in [0.29, 0.717) is 6.42 Å². The van der Waals surface area contributed by atoms with Crippen LogP contribution in [0.1, 0.15) is 47.0 Å². The minimum atomic E-state index is -0.253. The fourth-order valence-corrected chi connectivity index (χ4v) is 3.89. The molecule has 138 valence electrons. The van der Waals surface area contributed by atoms with Crippen LogP contribution in [0.5, 0.6) is 0 Å². The van der Waals surface area contributed by atoms with Crippen molar-refractivity contribution in [3.05, 3.63) is 89.0 Å². The maximum atomic E-state index is 12.8. The van der Waals surface area contributed by atoms with Gasteiger partial charge in [-0.15, -0.1) is 0 Å². The Morgan fingerprint density at radius 2 is 1.89 bits per heavy atom. The molecule has 2 aromatic carbocycles. The van der Waals surface area contributed by atoms with E-state index >= 15 is 0 Å². The van der Waals surface area contributed by atoms with Crippen LogP contribution in [0.15, 0.2) is 60.9 Å². The number of carbonyl (C=O) groups is 1. The van der Waals surface area contributed by atoms with Crippen molar-refractivity contribution < 1.29 is 4.79 Å². The van der Waals surface area contributed by atoms with Crippen LogP contribution in [0.4, 0.5) is 0 Å². The van der Waals surface area contributed by atoms with Gasteiger partial charge in [0.1, 0.15) is 11.9 Å². The zero-order valence-electron chi connectivity index (χ0n) is 15.7. The van der Waals surface area contributed by atoms with E-state index in [1.54, 1.807) is 6.20 Å². The molecule has 0 bridgehead atoms. The summed E-state index contributed by atoms with van der Waals surface area (Å²) in [6, 6.07) is 16.3. The molecule has 0 radical (unpaired) electrons. The van der Waals surface area contributed by atoms with Gasteiger partial charge in [-0.05, 0) is 47.9 Å². The Labute approximate surface area is 160 Å². The number of amides is 1. The highest BCUT2D eigenvalue weighted by Crippen LogP contribution is 2.23.